The van der Waals surface area contributed by atoms with E-state index in [-0.39, 0.29) is 0 Å². The molecule has 0 heterocycles. The largest absolute Gasteiger partial charge is 0.490 e. The van der Waals surface area contributed by atoms with Crippen molar-refractivity contribution >= 4 is 11.6 Å². The smallest absolute Gasteiger partial charge is 0.250 e. The maximum absolute atomic E-state index is 11.1. The van der Waals surface area contributed by atoms with Gasteiger partial charge in [0.2, 0.25) is 0 Å². The van der Waals surface area contributed by atoms with Crippen LogP contribution in [-0.2, 0) is 0 Å². The second-order valence-corrected chi connectivity index (χ2v) is 3.96. The summed E-state index contributed by atoms with van der Waals surface area (Å²) >= 11 is 0. The van der Waals surface area contributed by atoms with Gasteiger partial charge in [0.1, 0.15) is 12.4 Å². The van der Waals surface area contributed by atoms with Crippen molar-refractivity contribution in [1.29, 1.82) is 0 Å². The number of hydrogen-bond donors (Lipinski definition) is 2. The molecule has 4 N–H and O–H groups in total. The molecule has 5 heteroatoms. The summed E-state index contributed by atoms with van der Waals surface area (Å²) in [7, 11) is 0. The topological polar surface area (TPSA) is 81.6 Å². The number of rotatable bonds is 7. The van der Waals surface area contributed by atoms with Gasteiger partial charge in [0.05, 0.1) is 11.3 Å². The number of nitrogens with zero attached hydrogens (tertiary/aromatic N) is 1. The van der Waals surface area contributed by atoms with Crippen LogP contribution < -0.4 is 16.2 Å². The first-order valence-electron chi connectivity index (χ1n) is 6.13. The summed E-state index contributed by atoms with van der Waals surface area (Å²) in [5, 5.41) is 0. The van der Waals surface area contributed by atoms with Crippen LogP contribution in [0.2, 0.25) is 0 Å². The van der Waals surface area contributed by atoms with Gasteiger partial charge in [-0.1, -0.05) is 19.9 Å². The van der Waals surface area contributed by atoms with Gasteiger partial charge in [-0.15, -0.1) is 0 Å². The van der Waals surface area contributed by atoms with Gasteiger partial charge in [0.25, 0.3) is 5.91 Å². The molecule has 18 heavy (non-hydrogen) atoms. The van der Waals surface area contributed by atoms with Crippen LogP contribution in [0.25, 0.3) is 0 Å². The number of nitrogen functional groups attached to an aromatic ring is 1. The molecule has 5 nitrogen and oxygen atoms in total. The molecule has 1 aromatic carbocycles. The van der Waals surface area contributed by atoms with Gasteiger partial charge >= 0.3 is 0 Å². The third-order valence-corrected chi connectivity index (χ3v) is 2.89. The first-order chi connectivity index (χ1) is 8.60. The molecule has 0 unspecified atom stereocenters. The summed E-state index contributed by atoms with van der Waals surface area (Å²) in [4.78, 5) is 13.4. The van der Waals surface area contributed by atoms with Gasteiger partial charge in [-0.3, -0.25) is 4.79 Å². The number of primary amides is 1. The molecular weight excluding hydrogens is 230 g/mol. The number of likely N-dealkylation sites (N-methyl/N-ethyl adjacent to an activating group) is 1. The molecule has 0 saturated heterocycles. The zero-order chi connectivity index (χ0) is 13.5. The fraction of sp³-hybridized carbons (Fsp3) is 0.462. The molecule has 0 saturated carbocycles. The van der Waals surface area contributed by atoms with E-state index in [1.807, 2.05) is 0 Å². The molecule has 0 bridgehead atoms. The van der Waals surface area contributed by atoms with Crippen molar-refractivity contribution < 1.29 is 9.53 Å². The zero-order valence-corrected chi connectivity index (χ0v) is 11.0. The number of amides is 1. The SMILES string of the molecule is CCN(CC)CCOc1cccc(C(N)=O)c1N. The highest BCUT2D eigenvalue weighted by molar-refractivity contribution is 5.99. The first kappa shape index (κ1) is 14.3. The summed E-state index contributed by atoms with van der Waals surface area (Å²) in [6.07, 6.45) is 0. The first-order valence-corrected chi connectivity index (χ1v) is 6.13. The summed E-state index contributed by atoms with van der Waals surface area (Å²) in [6, 6.07) is 5.04. The highest BCUT2D eigenvalue weighted by Crippen LogP contribution is 2.24. The number of anilines is 1. The molecule has 0 aliphatic carbocycles. The lowest BCUT2D eigenvalue weighted by molar-refractivity contribution is 0.100. The van der Waals surface area contributed by atoms with Crippen LogP contribution in [0.1, 0.15) is 24.2 Å². The van der Waals surface area contributed by atoms with E-state index in [4.69, 9.17) is 16.2 Å². The third kappa shape index (κ3) is 3.63. The Morgan fingerprint density at radius 3 is 2.56 bits per heavy atom. The van der Waals surface area contributed by atoms with Crippen LogP contribution in [-0.4, -0.2) is 37.0 Å². The molecule has 0 atom stereocenters. The minimum atomic E-state index is -0.540. The molecule has 1 rings (SSSR count). The Morgan fingerprint density at radius 2 is 2.00 bits per heavy atom. The van der Waals surface area contributed by atoms with Crippen molar-refractivity contribution in [3.8, 4) is 5.75 Å². The highest BCUT2D eigenvalue weighted by Gasteiger charge is 2.10. The van der Waals surface area contributed by atoms with Crippen molar-refractivity contribution in [2.24, 2.45) is 5.73 Å². The van der Waals surface area contributed by atoms with Gasteiger partial charge in [0, 0.05) is 6.54 Å². The monoisotopic (exact) mass is 251 g/mol. The van der Waals surface area contributed by atoms with E-state index in [1.54, 1.807) is 18.2 Å². The maximum Gasteiger partial charge on any atom is 0.250 e. The van der Waals surface area contributed by atoms with E-state index in [1.165, 1.54) is 0 Å². The molecule has 0 aliphatic rings. The van der Waals surface area contributed by atoms with Crippen molar-refractivity contribution in [2.75, 3.05) is 32.0 Å². The Balaban J connectivity index is 2.63. The second-order valence-electron chi connectivity index (χ2n) is 3.96. The number of benzene rings is 1. The summed E-state index contributed by atoms with van der Waals surface area (Å²) in [5.74, 6) is -0.0276. The predicted octanol–water partition coefficient (Wildman–Crippen LogP) is 1.09. The highest BCUT2D eigenvalue weighted by atomic mass is 16.5. The molecule has 0 aliphatic heterocycles. The van der Waals surface area contributed by atoms with Crippen LogP contribution in [0.15, 0.2) is 18.2 Å². The molecule has 100 valence electrons. The van der Waals surface area contributed by atoms with E-state index in [2.05, 4.69) is 18.7 Å². The number of carbonyl (C=O) groups is 1. The van der Waals surface area contributed by atoms with E-state index in [9.17, 15) is 4.79 Å². The lowest BCUT2D eigenvalue weighted by Crippen LogP contribution is -2.28. The molecule has 1 aromatic rings. The lowest BCUT2D eigenvalue weighted by atomic mass is 10.1. The van der Waals surface area contributed by atoms with Gasteiger partial charge in [-0.2, -0.15) is 0 Å². The van der Waals surface area contributed by atoms with Gasteiger partial charge in [-0.25, -0.2) is 0 Å². The molecule has 0 fully saturated rings. The molecule has 1 amide bonds. The summed E-state index contributed by atoms with van der Waals surface area (Å²) < 4.78 is 5.59. The van der Waals surface area contributed by atoms with Crippen LogP contribution in [0, 0.1) is 0 Å². The van der Waals surface area contributed by atoms with Crippen LogP contribution in [0.3, 0.4) is 0 Å². The number of carbonyl (C=O) groups excluding carboxylic acids is 1. The van der Waals surface area contributed by atoms with Crippen molar-refractivity contribution in [1.82, 2.24) is 4.90 Å². The van der Waals surface area contributed by atoms with Gasteiger partial charge < -0.3 is 21.1 Å². The van der Waals surface area contributed by atoms with E-state index < -0.39 is 5.91 Å². The minimum Gasteiger partial charge on any atom is -0.490 e. The molecule has 0 aromatic heterocycles. The quantitative estimate of drug-likeness (QED) is 0.711. The fourth-order valence-electron chi connectivity index (χ4n) is 1.71. The van der Waals surface area contributed by atoms with E-state index >= 15 is 0 Å². The van der Waals surface area contributed by atoms with Crippen molar-refractivity contribution in [2.45, 2.75) is 13.8 Å². The number of ether oxygens (including phenoxy) is 1. The Labute approximate surface area is 108 Å². The van der Waals surface area contributed by atoms with Crippen LogP contribution >= 0.6 is 0 Å². The number of nitrogens with two attached hydrogens (primary N) is 2. The van der Waals surface area contributed by atoms with Crippen molar-refractivity contribution in [3.63, 3.8) is 0 Å². The maximum atomic E-state index is 11.1. The third-order valence-electron chi connectivity index (χ3n) is 2.89. The van der Waals surface area contributed by atoms with Crippen LogP contribution in [0.5, 0.6) is 5.75 Å². The van der Waals surface area contributed by atoms with Gasteiger partial charge in [0.15, 0.2) is 0 Å². The number of para-hydroxylation sites is 1. The molecule has 0 spiro atoms. The normalized spacial score (nSPS) is 10.6. The number of hydrogen-bond acceptors (Lipinski definition) is 4. The standard InChI is InChI=1S/C13H21N3O2/c1-3-16(4-2)8-9-18-11-7-5-6-10(12(11)14)13(15)17/h5-7H,3-4,8-9,14H2,1-2H3,(H2,15,17). The van der Waals surface area contributed by atoms with E-state index in [0.29, 0.717) is 23.6 Å². The zero-order valence-electron chi connectivity index (χ0n) is 11.0. The fourth-order valence-corrected chi connectivity index (χ4v) is 1.71. The minimum absolute atomic E-state index is 0.301. The van der Waals surface area contributed by atoms with Gasteiger partial charge in [-0.05, 0) is 25.2 Å². The summed E-state index contributed by atoms with van der Waals surface area (Å²) in [6.45, 7) is 7.53. The predicted molar refractivity (Wildman–Crippen MR) is 72.7 cm³/mol. The summed E-state index contributed by atoms with van der Waals surface area (Å²) in [5.41, 5.74) is 11.7. The Hall–Kier alpha value is -1.75. The Bertz CT molecular complexity index is 403. The Morgan fingerprint density at radius 1 is 1.33 bits per heavy atom. The lowest BCUT2D eigenvalue weighted by Gasteiger charge is -2.18. The van der Waals surface area contributed by atoms with Crippen molar-refractivity contribution in [3.05, 3.63) is 23.8 Å². The molecular formula is C13H21N3O2. The Kier molecular flexibility index (Phi) is 5.45. The average molecular weight is 251 g/mol. The van der Waals surface area contributed by atoms with Crippen LogP contribution in [0.4, 0.5) is 5.69 Å². The molecule has 0 radical (unpaired) electrons. The second kappa shape index (κ2) is 6.86. The van der Waals surface area contributed by atoms with E-state index in [0.717, 1.165) is 19.6 Å². The average Bonchev–Trinajstić information content (AvgIpc) is 2.36.